The van der Waals surface area contributed by atoms with E-state index in [0.717, 1.165) is 25.9 Å². The molecule has 0 bridgehead atoms. The third-order valence-corrected chi connectivity index (χ3v) is 3.23. The van der Waals surface area contributed by atoms with Crippen LogP contribution in [0.15, 0.2) is 0 Å². The first kappa shape index (κ1) is 15.4. The first-order valence-corrected chi connectivity index (χ1v) is 6.64. The Kier molecular flexibility index (Phi) is 7.23. The fourth-order valence-corrected chi connectivity index (χ4v) is 2.23. The van der Waals surface area contributed by atoms with Gasteiger partial charge in [-0.2, -0.15) is 0 Å². The van der Waals surface area contributed by atoms with Crippen LogP contribution in [0.4, 0.5) is 0 Å². The number of methoxy groups -OCH3 is 2. The van der Waals surface area contributed by atoms with Crippen LogP contribution in [0.1, 0.15) is 39.0 Å². The first-order chi connectivity index (χ1) is 8.67. The van der Waals surface area contributed by atoms with Crippen molar-refractivity contribution in [3.05, 3.63) is 0 Å². The summed E-state index contributed by atoms with van der Waals surface area (Å²) in [7, 11) is 3.12. The number of rotatable bonds is 7. The van der Waals surface area contributed by atoms with Crippen LogP contribution in [0.5, 0.6) is 0 Å². The van der Waals surface area contributed by atoms with E-state index in [1.165, 1.54) is 6.42 Å². The van der Waals surface area contributed by atoms with E-state index in [-0.39, 0.29) is 18.1 Å². The van der Waals surface area contributed by atoms with Gasteiger partial charge in [0.05, 0.1) is 12.1 Å². The van der Waals surface area contributed by atoms with Crippen molar-refractivity contribution in [2.75, 3.05) is 20.8 Å². The molecule has 0 aromatic rings. The quantitative estimate of drug-likeness (QED) is 0.703. The smallest absolute Gasteiger partial charge is 0.220 e. The molecule has 0 saturated carbocycles. The van der Waals surface area contributed by atoms with Crippen molar-refractivity contribution in [1.82, 2.24) is 5.32 Å². The number of carbonyl (C=O) groups excluding carboxylic acids is 1. The molecule has 18 heavy (non-hydrogen) atoms. The molecule has 1 fully saturated rings. The van der Waals surface area contributed by atoms with Gasteiger partial charge in [-0.05, 0) is 32.6 Å². The number of nitrogens with one attached hydrogen (secondary N) is 1. The molecule has 1 aliphatic heterocycles. The van der Waals surface area contributed by atoms with Gasteiger partial charge < -0.3 is 19.5 Å². The molecule has 1 amide bonds. The summed E-state index contributed by atoms with van der Waals surface area (Å²) in [6.45, 7) is 2.70. The number of ether oxygens (including phenoxy) is 3. The molecule has 1 N–H and O–H groups in total. The molecule has 1 aliphatic rings. The topological polar surface area (TPSA) is 56.8 Å². The van der Waals surface area contributed by atoms with Gasteiger partial charge in [0, 0.05) is 27.2 Å². The molecular weight excluding hydrogens is 234 g/mol. The largest absolute Gasteiger partial charge is 0.378 e. The normalized spacial score (nSPS) is 21.9. The third-order valence-electron chi connectivity index (χ3n) is 3.23. The summed E-state index contributed by atoms with van der Waals surface area (Å²) in [4.78, 5) is 11.8. The minimum atomic E-state index is -0.403. The van der Waals surface area contributed by atoms with Crippen LogP contribution in [-0.4, -0.2) is 45.2 Å². The highest BCUT2D eigenvalue weighted by atomic mass is 16.7. The van der Waals surface area contributed by atoms with Crippen LogP contribution in [0.2, 0.25) is 0 Å². The van der Waals surface area contributed by atoms with Gasteiger partial charge >= 0.3 is 0 Å². The SMILES string of the molecule is COC(OC)C(C)NC(=O)CCC1CCCCO1. The summed E-state index contributed by atoms with van der Waals surface area (Å²) in [5.74, 6) is 0.0239. The molecule has 0 spiro atoms. The lowest BCUT2D eigenvalue weighted by molar-refractivity contribution is -0.136. The number of carbonyl (C=O) groups is 1. The molecule has 5 nitrogen and oxygen atoms in total. The predicted molar refractivity (Wildman–Crippen MR) is 68.2 cm³/mol. The minimum absolute atomic E-state index is 0.0239. The zero-order valence-electron chi connectivity index (χ0n) is 11.6. The van der Waals surface area contributed by atoms with Gasteiger partial charge in [0.1, 0.15) is 0 Å². The number of hydrogen-bond donors (Lipinski definition) is 1. The molecule has 0 radical (unpaired) electrons. The lowest BCUT2D eigenvalue weighted by Crippen LogP contribution is -2.43. The lowest BCUT2D eigenvalue weighted by atomic mass is 10.0. The van der Waals surface area contributed by atoms with Crippen molar-refractivity contribution >= 4 is 5.91 Å². The fraction of sp³-hybridized carbons (Fsp3) is 0.923. The van der Waals surface area contributed by atoms with Gasteiger partial charge in [-0.1, -0.05) is 0 Å². The zero-order valence-corrected chi connectivity index (χ0v) is 11.6. The Labute approximate surface area is 109 Å². The van der Waals surface area contributed by atoms with Crippen LogP contribution < -0.4 is 5.32 Å². The Morgan fingerprint density at radius 3 is 2.67 bits per heavy atom. The van der Waals surface area contributed by atoms with Crippen LogP contribution in [0, 0.1) is 0 Å². The highest BCUT2D eigenvalue weighted by Crippen LogP contribution is 2.16. The van der Waals surface area contributed by atoms with Crippen molar-refractivity contribution in [2.45, 2.75) is 57.5 Å². The molecule has 1 saturated heterocycles. The van der Waals surface area contributed by atoms with Crippen molar-refractivity contribution in [3.63, 3.8) is 0 Å². The van der Waals surface area contributed by atoms with E-state index >= 15 is 0 Å². The van der Waals surface area contributed by atoms with E-state index in [1.54, 1.807) is 14.2 Å². The lowest BCUT2D eigenvalue weighted by Gasteiger charge is -2.24. The first-order valence-electron chi connectivity index (χ1n) is 6.64. The summed E-state index contributed by atoms with van der Waals surface area (Å²) in [5.41, 5.74) is 0. The van der Waals surface area contributed by atoms with E-state index in [4.69, 9.17) is 14.2 Å². The van der Waals surface area contributed by atoms with Gasteiger partial charge in [0.2, 0.25) is 5.91 Å². The maximum atomic E-state index is 11.8. The molecule has 106 valence electrons. The Balaban J connectivity index is 2.19. The van der Waals surface area contributed by atoms with Crippen LogP contribution >= 0.6 is 0 Å². The van der Waals surface area contributed by atoms with Gasteiger partial charge in [-0.25, -0.2) is 0 Å². The van der Waals surface area contributed by atoms with Gasteiger partial charge in [0.25, 0.3) is 0 Å². The van der Waals surface area contributed by atoms with Crippen molar-refractivity contribution in [1.29, 1.82) is 0 Å². The molecule has 5 heteroatoms. The third kappa shape index (κ3) is 5.33. The van der Waals surface area contributed by atoms with Gasteiger partial charge in [0.15, 0.2) is 6.29 Å². The average molecular weight is 259 g/mol. The molecule has 1 heterocycles. The summed E-state index contributed by atoms with van der Waals surface area (Å²) >= 11 is 0. The second-order valence-corrected chi connectivity index (χ2v) is 4.72. The van der Waals surface area contributed by atoms with Crippen molar-refractivity contribution in [3.8, 4) is 0 Å². The van der Waals surface area contributed by atoms with Gasteiger partial charge in [-0.3, -0.25) is 4.79 Å². The number of hydrogen-bond acceptors (Lipinski definition) is 4. The Morgan fingerprint density at radius 1 is 1.39 bits per heavy atom. The maximum Gasteiger partial charge on any atom is 0.220 e. The standard InChI is InChI=1S/C13H25NO4/c1-10(13(16-2)17-3)14-12(15)8-7-11-6-4-5-9-18-11/h10-11,13H,4-9H2,1-3H3,(H,14,15). The molecule has 2 unspecified atom stereocenters. The average Bonchev–Trinajstić information content (AvgIpc) is 2.39. The van der Waals surface area contributed by atoms with Crippen molar-refractivity contribution < 1.29 is 19.0 Å². The highest BCUT2D eigenvalue weighted by Gasteiger charge is 2.19. The monoisotopic (exact) mass is 259 g/mol. The van der Waals surface area contributed by atoms with E-state index in [0.29, 0.717) is 6.42 Å². The maximum absolute atomic E-state index is 11.8. The Hall–Kier alpha value is -0.650. The predicted octanol–water partition coefficient (Wildman–Crippen LogP) is 1.46. The van der Waals surface area contributed by atoms with Crippen LogP contribution in [0.25, 0.3) is 0 Å². The molecule has 1 rings (SSSR count). The van der Waals surface area contributed by atoms with E-state index < -0.39 is 6.29 Å². The summed E-state index contributed by atoms with van der Waals surface area (Å²) in [6.07, 6.45) is 4.56. The number of amides is 1. The highest BCUT2D eigenvalue weighted by molar-refractivity contribution is 5.76. The minimum Gasteiger partial charge on any atom is -0.378 e. The second kappa shape index (κ2) is 8.45. The van der Waals surface area contributed by atoms with Gasteiger partial charge in [-0.15, -0.1) is 0 Å². The summed E-state index contributed by atoms with van der Waals surface area (Å²) in [5, 5.41) is 2.88. The van der Waals surface area contributed by atoms with E-state index in [1.807, 2.05) is 6.92 Å². The van der Waals surface area contributed by atoms with Crippen LogP contribution in [-0.2, 0) is 19.0 Å². The summed E-state index contributed by atoms with van der Waals surface area (Å²) < 4.78 is 15.8. The van der Waals surface area contributed by atoms with Crippen molar-refractivity contribution in [2.24, 2.45) is 0 Å². The fourth-order valence-electron chi connectivity index (χ4n) is 2.23. The van der Waals surface area contributed by atoms with Crippen LogP contribution in [0.3, 0.4) is 0 Å². The molecule has 0 aliphatic carbocycles. The Morgan fingerprint density at radius 2 is 2.11 bits per heavy atom. The Bertz CT molecular complexity index is 237. The molecule has 0 aromatic heterocycles. The molecule has 2 atom stereocenters. The zero-order chi connectivity index (χ0) is 13.4. The van der Waals surface area contributed by atoms with E-state index in [2.05, 4.69) is 5.32 Å². The summed E-state index contributed by atoms with van der Waals surface area (Å²) in [6, 6.07) is -0.153. The van der Waals surface area contributed by atoms with E-state index in [9.17, 15) is 4.79 Å². The second-order valence-electron chi connectivity index (χ2n) is 4.72. The molecule has 0 aromatic carbocycles. The molecular formula is C13H25NO4.